The zero-order chi connectivity index (χ0) is 8.69. The number of ether oxygens (including phenoxy) is 2. The summed E-state index contributed by atoms with van der Waals surface area (Å²) in [6.07, 6.45) is -0.488. The molecule has 1 amide bonds. The molecule has 0 spiro atoms. The summed E-state index contributed by atoms with van der Waals surface area (Å²) in [6.45, 7) is 0.731. The highest BCUT2D eigenvalue weighted by atomic mass is 16.5. The van der Waals surface area contributed by atoms with Crippen LogP contribution in [0.1, 0.15) is 0 Å². The predicted molar refractivity (Wildman–Crippen MR) is 40.3 cm³/mol. The monoisotopic (exact) mass is 162 g/mol. The van der Waals surface area contributed by atoms with Crippen molar-refractivity contribution in [3.8, 4) is 0 Å². The molecule has 0 fully saturated rings. The highest BCUT2D eigenvalue weighted by Gasteiger charge is 2.08. The van der Waals surface area contributed by atoms with Gasteiger partial charge < -0.3 is 20.5 Å². The van der Waals surface area contributed by atoms with Crippen molar-refractivity contribution in [2.24, 2.45) is 5.73 Å². The summed E-state index contributed by atoms with van der Waals surface area (Å²) in [5.41, 5.74) is 5.31. The van der Waals surface area contributed by atoms with E-state index in [9.17, 15) is 4.79 Å². The molecular formula is C6H14N2O3. The highest BCUT2D eigenvalue weighted by molar-refractivity contribution is 5.67. The topological polar surface area (TPSA) is 73.6 Å². The first-order valence-electron chi connectivity index (χ1n) is 3.28. The van der Waals surface area contributed by atoms with Crippen molar-refractivity contribution in [2.45, 2.75) is 6.04 Å². The second-order valence-corrected chi connectivity index (χ2v) is 2.02. The molecule has 0 aliphatic carbocycles. The Morgan fingerprint density at radius 3 is 2.64 bits per heavy atom. The molecular weight excluding hydrogens is 148 g/mol. The fraction of sp³-hybridized carbons (Fsp3) is 0.833. The van der Waals surface area contributed by atoms with Crippen LogP contribution in [-0.4, -0.2) is 39.5 Å². The van der Waals surface area contributed by atoms with E-state index in [2.05, 4.69) is 10.1 Å². The minimum absolute atomic E-state index is 0.174. The molecule has 0 aliphatic heterocycles. The van der Waals surface area contributed by atoms with E-state index in [1.165, 1.54) is 7.11 Å². The smallest absolute Gasteiger partial charge is 0.407 e. The first-order valence-corrected chi connectivity index (χ1v) is 3.28. The van der Waals surface area contributed by atoms with Gasteiger partial charge in [0.1, 0.15) is 0 Å². The number of rotatable bonds is 4. The summed E-state index contributed by atoms with van der Waals surface area (Å²) < 4.78 is 9.16. The van der Waals surface area contributed by atoms with Crippen LogP contribution in [0.15, 0.2) is 0 Å². The Bertz CT molecular complexity index is 118. The van der Waals surface area contributed by atoms with Crippen LogP contribution in [0.2, 0.25) is 0 Å². The Hall–Kier alpha value is -0.810. The largest absolute Gasteiger partial charge is 0.453 e. The Balaban J connectivity index is 3.58. The van der Waals surface area contributed by atoms with Crippen molar-refractivity contribution in [1.82, 2.24) is 5.32 Å². The van der Waals surface area contributed by atoms with Crippen molar-refractivity contribution in [1.29, 1.82) is 0 Å². The maximum absolute atomic E-state index is 10.6. The van der Waals surface area contributed by atoms with E-state index in [0.29, 0.717) is 13.2 Å². The summed E-state index contributed by atoms with van der Waals surface area (Å²) in [5.74, 6) is 0. The first-order chi connectivity index (χ1) is 5.24. The maximum Gasteiger partial charge on any atom is 0.407 e. The van der Waals surface area contributed by atoms with Gasteiger partial charge in [-0.15, -0.1) is 0 Å². The average Bonchev–Trinajstić information content (AvgIpc) is 2.03. The van der Waals surface area contributed by atoms with Crippen molar-refractivity contribution in [3.05, 3.63) is 0 Å². The van der Waals surface area contributed by atoms with Gasteiger partial charge >= 0.3 is 6.09 Å². The zero-order valence-corrected chi connectivity index (χ0v) is 6.79. The number of hydrogen-bond acceptors (Lipinski definition) is 4. The molecule has 5 nitrogen and oxygen atoms in total. The van der Waals surface area contributed by atoms with Gasteiger partial charge in [0.15, 0.2) is 0 Å². The molecule has 0 aromatic heterocycles. The first kappa shape index (κ1) is 10.2. The summed E-state index contributed by atoms with van der Waals surface area (Å²) in [4.78, 5) is 10.6. The lowest BCUT2D eigenvalue weighted by Crippen LogP contribution is -2.43. The molecule has 0 aromatic carbocycles. The Labute approximate surface area is 65.8 Å². The SMILES string of the molecule is COCC(CN)NC(=O)OC. The van der Waals surface area contributed by atoms with Gasteiger partial charge in [0, 0.05) is 13.7 Å². The minimum atomic E-state index is -0.488. The molecule has 0 aliphatic rings. The van der Waals surface area contributed by atoms with Crippen LogP contribution in [0, 0.1) is 0 Å². The Kier molecular flexibility index (Phi) is 5.50. The van der Waals surface area contributed by atoms with Gasteiger partial charge in [-0.1, -0.05) is 0 Å². The molecule has 1 unspecified atom stereocenters. The number of alkyl carbamates (subject to hydrolysis) is 1. The molecule has 66 valence electrons. The van der Waals surface area contributed by atoms with Crippen molar-refractivity contribution >= 4 is 6.09 Å². The van der Waals surface area contributed by atoms with Gasteiger partial charge in [0.2, 0.25) is 0 Å². The molecule has 11 heavy (non-hydrogen) atoms. The Morgan fingerprint density at radius 2 is 2.27 bits per heavy atom. The summed E-state index contributed by atoms with van der Waals surface area (Å²) >= 11 is 0. The molecule has 0 radical (unpaired) electrons. The maximum atomic E-state index is 10.6. The molecule has 1 atom stereocenters. The minimum Gasteiger partial charge on any atom is -0.453 e. The number of carbonyl (C=O) groups is 1. The van der Waals surface area contributed by atoms with E-state index in [4.69, 9.17) is 10.5 Å². The second-order valence-electron chi connectivity index (χ2n) is 2.02. The van der Waals surface area contributed by atoms with Crippen LogP contribution in [0.4, 0.5) is 4.79 Å². The normalized spacial score (nSPS) is 12.3. The van der Waals surface area contributed by atoms with E-state index in [-0.39, 0.29) is 6.04 Å². The third-order valence-corrected chi connectivity index (χ3v) is 1.16. The van der Waals surface area contributed by atoms with Crippen LogP contribution < -0.4 is 11.1 Å². The fourth-order valence-corrected chi connectivity index (χ4v) is 0.595. The van der Waals surface area contributed by atoms with Crippen molar-refractivity contribution in [2.75, 3.05) is 27.4 Å². The van der Waals surface area contributed by atoms with Gasteiger partial charge in [-0.2, -0.15) is 0 Å². The van der Waals surface area contributed by atoms with Crippen LogP contribution in [-0.2, 0) is 9.47 Å². The number of methoxy groups -OCH3 is 2. The average molecular weight is 162 g/mol. The second kappa shape index (κ2) is 5.94. The van der Waals surface area contributed by atoms with Crippen LogP contribution >= 0.6 is 0 Å². The van der Waals surface area contributed by atoms with E-state index in [1.807, 2.05) is 0 Å². The van der Waals surface area contributed by atoms with Gasteiger partial charge in [0.05, 0.1) is 19.8 Å². The molecule has 5 heteroatoms. The van der Waals surface area contributed by atoms with E-state index >= 15 is 0 Å². The standard InChI is InChI=1S/C6H14N2O3/c1-10-4-5(3-7)8-6(9)11-2/h5H,3-4,7H2,1-2H3,(H,8,9). The lowest BCUT2D eigenvalue weighted by atomic mass is 10.3. The van der Waals surface area contributed by atoms with E-state index in [1.54, 1.807) is 7.11 Å². The van der Waals surface area contributed by atoms with Crippen LogP contribution in [0.25, 0.3) is 0 Å². The molecule has 0 bridgehead atoms. The van der Waals surface area contributed by atoms with Gasteiger partial charge in [0.25, 0.3) is 0 Å². The van der Waals surface area contributed by atoms with Crippen LogP contribution in [0.5, 0.6) is 0 Å². The molecule has 0 saturated carbocycles. The summed E-state index contributed by atoms with van der Waals surface area (Å²) in [5, 5.41) is 2.51. The Morgan fingerprint density at radius 1 is 1.64 bits per heavy atom. The lowest BCUT2D eigenvalue weighted by molar-refractivity contribution is 0.142. The quantitative estimate of drug-likeness (QED) is 0.574. The number of carbonyl (C=O) groups excluding carboxylic acids is 1. The molecule has 0 heterocycles. The zero-order valence-electron chi connectivity index (χ0n) is 6.79. The number of hydrogen-bond donors (Lipinski definition) is 2. The van der Waals surface area contributed by atoms with Crippen molar-refractivity contribution < 1.29 is 14.3 Å². The molecule has 3 N–H and O–H groups in total. The third-order valence-electron chi connectivity index (χ3n) is 1.16. The van der Waals surface area contributed by atoms with Crippen molar-refractivity contribution in [3.63, 3.8) is 0 Å². The highest BCUT2D eigenvalue weighted by Crippen LogP contribution is 1.82. The van der Waals surface area contributed by atoms with E-state index in [0.717, 1.165) is 0 Å². The molecule has 0 aromatic rings. The molecule has 0 saturated heterocycles. The number of nitrogens with two attached hydrogens (primary N) is 1. The molecule has 0 rings (SSSR count). The van der Waals surface area contributed by atoms with Gasteiger partial charge in [-0.3, -0.25) is 0 Å². The number of nitrogens with one attached hydrogen (secondary N) is 1. The van der Waals surface area contributed by atoms with E-state index < -0.39 is 6.09 Å². The summed E-state index contributed by atoms with van der Waals surface area (Å²) in [6, 6.07) is -0.174. The summed E-state index contributed by atoms with van der Waals surface area (Å²) in [7, 11) is 2.84. The predicted octanol–water partition coefficient (Wildman–Crippen LogP) is -0.684. The van der Waals surface area contributed by atoms with Gasteiger partial charge in [-0.05, 0) is 0 Å². The fourth-order valence-electron chi connectivity index (χ4n) is 0.595. The number of amides is 1. The third kappa shape index (κ3) is 4.58. The van der Waals surface area contributed by atoms with Crippen LogP contribution in [0.3, 0.4) is 0 Å². The lowest BCUT2D eigenvalue weighted by Gasteiger charge is -2.13. The van der Waals surface area contributed by atoms with Gasteiger partial charge in [-0.25, -0.2) is 4.79 Å².